The van der Waals surface area contributed by atoms with Crippen LogP contribution in [0.5, 0.6) is 0 Å². The molecule has 0 saturated heterocycles. The molecule has 0 aliphatic carbocycles. The van der Waals surface area contributed by atoms with Crippen molar-refractivity contribution in [2.24, 2.45) is 0 Å². The van der Waals surface area contributed by atoms with Crippen LogP contribution in [0.15, 0.2) is 46.7 Å². The lowest BCUT2D eigenvalue weighted by Gasteiger charge is -2.33. The van der Waals surface area contributed by atoms with Crippen LogP contribution in [0.25, 0.3) is 10.8 Å². The first kappa shape index (κ1) is 13.7. The van der Waals surface area contributed by atoms with Gasteiger partial charge in [0.15, 0.2) is 0 Å². The van der Waals surface area contributed by atoms with Crippen molar-refractivity contribution in [1.29, 1.82) is 0 Å². The molecule has 112 valence electrons. The number of rotatable bonds is 2. The number of benzene rings is 1. The number of hydrogen-bond acceptors (Lipinski definition) is 4. The van der Waals surface area contributed by atoms with E-state index in [1.807, 2.05) is 35.6 Å². The summed E-state index contributed by atoms with van der Waals surface area (Å²) in [6, 6.07) is 10.2. The van der Waals surface area contributed by atoms with Crippen LogP contribution < -0.4 is 5.56 Å². The third-order valence-electron chi connectivity index (χ3n) is 4.48. The van der Waals surface area contributed by atoms with Gasteiger partial charge in [0.25, 0.3) is 5.56 Å². The number of nitrogens with zero attached hydrogens (tertiary/aromatic N) is 3. The summed E-state index contributed by atoms with van der Waals surface area (Å²) < 4.78 is 1.58. The quantitative estimate of drug-likeness (QED) is 0.730. The maximum atomic E-state index is 12.6. The van der Waals surface area contributed by atoms with Gasteiger partial charge in [-0.1, -0.05) is 18.2 Å². The molecule has 0 unspecified atom stereocenters. The highest BCUT2D eigenvalue weighted by atomic mass is 32.1. The normalized spacial score (nSPS) is 18.5. The fourth-order valence-corrected chi connectivity index (χ4v) is 4.12. The van der Waals surface area contributed by atoms with Crippen molar-refractivity contribution in [3.8, 4) is 0 Å². The summed E-state index contributed by atoms with van der Waals surface area (Å²) in [6.45, 7) is 3.71. The van der Waals surface area contributed by atoms with Gasteiger partial charge in [0, 0.05) is 22.8 Å². The Kier molecular flexibility index (Phi) is 3.32. The Morgan fingerprint density at radius 2 is 2.18 bits per heavy atom. The van der Waals surface area contributed by atoms with E-state index in [1.165, 1.54) is 10.4 Å². The van der Waals surface area contributed by atoms with Gasteiger partial charge in [0.05, 0.1) is 18.3 Å². The van der Waals surface area contributed by atoms with E-state index in [1.54, 1.807) is 10.9 Å². The van der Waals surface area contributed by atoms with Crippen LogP contribution in [0.4, 0.5) is 0 Å². The zero-order chi connectivity index (χ0) is 15.1. The second kappa shape index (κ2) is 5.34. The Labute approximate surface area is 132 Å². The van der Waals surface area contributed by atoms with E-state index >= 15 is 0 Å². The van der Waals surface area contributed by atoms with E-state index in [9.17, 15) is 4.79 Å². The highest BCUT2D eigenvalue weighted by molar-refractivity contribution is 7.10. The van der Waals surface area contributed by atoms with Gasteiger partial charge in [0.1, 0.15) is 0 Å². The molecule has 3 heterocycles. The molecular formula is C17H17N3OS. The largest absolute Gasteiger partial charge is 0.277 e. The fraction of sp³-hybridized carbons (Fsp3) is 0.294. The highest BCUT2D eigenvalue weighted by Crippen LogP contribution is 2.32. The Balaban J connectivity index is 1.67. The van der Waals surface area contributed by atoms with Crippen molar-refractivity contribution < 1.29 is 0 Å². The van der Waals surface area contributed by atoms with Crippen LogP contribution in [0.2, 0.25) is 0 Å². The second-order valence-corrected chi connectivity index (χ2v) is 6.72. The average molecular weight is 311 g/mol. The Hall–Kier alpha value is -1.98. The molecule has 1 atom stereocenters. The molecule has 0 amide bonds. The van der Waals surface area contributed by atoms with Crippen LogP contribution in [0.3, 0.4) is 0 Å². The molecule has 0 spiro atoms. The van der Waals surface area contributed by atoms with Crippen molar-refractivity contribution in [1.82, 2.24) is 14.7 Å². The topological polar surface area (TPSA) is 38.1 Å². The van der Waals surface area contributed by atoms with Gasteiger partial charge in [-0.3, -0.25) is 9.69 Å². The van der Waals surface area contributed by atoms with Gasteiger partial charge < -0.3 is 0 Å². The zero-order valence-electron chi connectivity index (χ0n) is 12.4. The maximum Gasteiger partial charge on any atom is 0.275 e. The van der Waals surface area contributed by atoms with Gasteiger partial charge in [-0.05, 0) is 36.4 Å². The Morgan fingerprint density at radius 1 is 1.32 bits per heavy atom. The summed E-state index contributed by atoms with van der Waals surface area (Å²) in [4.78, 5) is 16.4. The Bertz CT molecular complexity index is 883. The number of fused-ring (bicyclic) bond motifs is 2. The second-order valence-electron chi connectivity index (χ2n) is 5.72. The molecular weight excluding hydrogens is 294 g/mol. The summed E-state index contributed by atoms with van der Waals surface area (Å²) >= 11 is 1.83. The van der Waals surface area contributed by atoms with Gasteiger partial charge >= 0.3 is 0 Å². The number of thiophene rings is 1. The predicted octanol–water partition coefficient (Wildman–Crippen LogP) is 3.03. The molecule has 4 rings (SSSR count). The third kappa shape index (κ3) is 2.17. The van der Waals surface area contributed by atoms with E-state index in [-0.39, 0.29) is 5.56 Å². The third-order valence-corrected chi connectivity index (χ3v) is 5.48. The van der Waals surface area contributed by atoms with Crippen molar-refractivity contribution in [2.75, 3.05) is 6.54 Å². The van der Waals surface area contributed by atoms with Crippen LogP contribution in [-0.4, -0.2) is 21.2 Å². The summed E-state index contributed by atoms with van der Waals surface area (Å²) in [5, 5.41) is 8.13. The monoisotopic (exact) mass is 311 g/mol. The lowest BCUT2D eigenvalue weighted by atomic mass is 10.0. The number of aromatic nitrogens is 2. The van der Waals surface area contributed by atoms with Gasteiger partial charge in [-0.15, -0.1) is 11.3 Å². The molecule has 22 heavy (non-hydrogen) atoms. The molecule has 2 aromatic heterocycles. The first-order valence-corrected chi connectivity index (χ1v) is 8.37. The number of hydrogen-bond donors (Lipinski definition) is 0. The summed E-state index contributed by atoms with van der Waals surface area (Å²) in [5.74, 6) is 0. The van der Waals surface area contributed by atoms with Crippen molar-refractivity contribution in [3.63, 3.8) is 0 Å². The van der Waals surface area contributed by atoms with Gasteiger partial charge in [-0.2, -0.15) is 5.10 Å². The van der Waals surface area contributed by atoms with Crippen LogP contribution in [0.1, 0.15) is 23.4 Å². The van der Waals surface area contributed by atoms with E-state index in [4.69, 9.17) is 0 Å². The van der Waals surface area contributed by atoms with Gasteiger partial charge in [0.2, 0.25) is 0 Å². The molecule has 1 aromatic carbocycles. The minimum Gasteiger partial charge on any atom is -0.277 e. The lowest BCUT2D eigenvalue weighted by molar-refractivity contribution is 0.142. The van der Waals surface area contributed by atoms with Crippen molar-refractivity contribution in [3.05, 3.63) is 62.7 Å². The van der Waals surface area contributed by atoms with Crippen molar-refractivity contribution >= 4 is 22.1 Å². The minimum atomic E-state index is -0.0126. The molecule has 1 aliphatic rings. The van der Waals surface area contributed by atoms with Crippen molar-refractivity contribution in [2.45, 2.75) is 26.1 Å². The van der Waals surface area contributed by atoms with Crippen LogP contribution in [-0.2, 0) is 13.1 Å². The first-order valence-electron chi connectivity index (χ1n) is 7.49. The molecule has 1 aliphatic heterocycles. The van der Waals surface area contributed by atoms with E-state index in [0.717, 1.165) is 23.7 Å². The molecule has 5 heteroatoms. The molecule has 0 fully saturated rings. The van der Waals surface area contributed by atoms with E-state index in [2.05, 4.69) is 28.4 Å². The fourth-order valence-electron chi connectivity index (χ4n) is 3.16. The molecule has 0 radical (unpaired) electrons. The smallest absolute Gasteiger partial charge is 0.275 e. The first-order chi connectivity index (χ1) is 10.7. The minimum absolute atomic E-state index is 0.0126. The molecule has 0 saturated carbocycles. The summed E-state index contributed by atoms with van der Waals surface area (Å²) in [6.07, 6.45) is 2.83. The summed E-state index contributed by atoms with van der Waals surface area (Å²) in [7, 11) is 0. The SMILES string of the molecule is C[C@H]1c2ccsc2CCN1Cn1ncc2ccccc2c1=O. The average Bonchev–Trinajstić information content (AvgIpc) is 3.02. The standard InChI is InChI=1S/C17H17N3OS/c1-12-14-7-9-22-16(14)6-8-19(12)11-20-17(21)15-5-3-2-4-13(15)10-18-20/h2-5,7,9-10,12H,6,8,11H2,1H3/t12-/m0/s1. The van der Waals surface area contributed by atoms with Crippen LogP contribution >= 0.6 is 11.3 Å². The maximum absolute atomic E-state index is 12.6. The molecule has 4 nitrogen and oxygen atoms in total. The molecule has 0 N–H and O–H groups in total. The summed E-state index contributed by atoms with van der Waals surface area (Å²) in [5.41, 5.74) is 1.38. The molecule has 0 bridgehead atoms. The highest BCUT2D eigenvalue weighted by Gasteiger charge is 2.25. The van der Waals surface area contributed by atoms with Crippen LogP contribution in [0, 0.1) is 0 Å². The van der Waals surface area contributed by atoms with Gasteiger partial charge in [-0.25, -0.2) is 4.68 Å². The van der Waals surface area contributed by atoms with E-state index < -0.39 is 0 Å². The van der Waals surface area contributed by atoms with E-state index in [0.29, 0.717) is 12.7 Å². The molecule has 3 aromatic rings. The lowest BCUT2D eigenvalue weighted by Crippen LogP contribution is -2.38. The zero-order valence-corrected chi connectivity index (χ0v) is 13.2. The predicted molar refractivity (Wildman–Crippen MR) is 89.1 cm³/mol. The Morgan fingerprint density at radius 3 is 3.09 bits per heavy atom.